The summed E-state index contributed by atoms with van der Waals surface area (Å²) >= 11 is 12.2. The van der Waals surface area contributed by atoms with Crippen molar-refractivity contribution in [3.8, 4) is 0 Å². The van der Waals surface area contributed by atoms with Crippen molar-refractivity contribution in [3.63, 3.8) is 0 Å². The SMILES string of the molecule is CC(Cc1ccc(C(C)(C)C)cc1)CN1CCCCC1.CCCC(Cn1cncn1)c1ccc(Cl)cc1Cl. The Morgan fingerprint density at radius 3 is 2.24 bits per heavy atom. The molecule has 3 aromatic rings. The van der Waals surface area contributed by atoms with Crippen molar-refractivity contribution in [1.29, 1.82) is 0 Å². The van der Waals surface area contributed by atoms with E-state index in [0.717, 1.165) is 35.9 Å². The number of hydrogen-bond donors (Lipinski definition) is 0. The first kappa shape index (κ1) is 30.7. The topological polar surface area (TPSA) is 34.0 Å². The lowest BCUT2D eigenvalue weighted by atomic mass is 9.86. The predicted octanol–water partition coefficient (Wildman–Crippen LogP) is 8.82. The number of benzene rings is 2. The second-order valence-corrected chi connectivity index (χ2v) is 12.7. The standard InChI is InChI=1S/C19H31N.C13H15Cl2N3/c1-16(15-20-12-6-5-7-13-20)14-17-8-10-18(11-9-17)19(2,3)4;1-2-3-10(7-18-9-16-8-17-18)12-5-4-11(14)6-13(12)15/h8-11,16H,5-7,12-15H2,1-4H3;4-6,8-10H,2-3,7H2,1H3. The van der Waals surface area contributed by atoms with Gasteiger partial charge in [0.1, 0.15) is 12.7 Å². The summed E-state index contributed by atoms with van der Waals surface area (Å²) in [5.41, 5.74) is 4.31. The molecule has 1 fully saturated rings. The maximum absolute atomic E-state index is 6.27. The van der Waals surface area contributed by atoms with Gasteiger partial charge in [0.25, 0.3) is 0 Å². The van der Waals surface area contributed by atoms with Gasteiger partial charge in [0.05, 0.1) is 0 Å². The van der Waals surface area contributed by atoms with E-state index in [4.69, 9.17) is 23.2 Å². The molecule has 2 aromatic carbocycles. The van der Waals surface area contributed by atoms with Crippen LogP contribution in [0.4, 0.5) is 0 Å². The van der Waals surface area contributed by atoms with Crippen LogP contribution in [0.15, 0.2) is 55.1 Å². The van der Waals surface area contributed by atoms with Crippen molar-refractivity contribution in [1.82, 2.24) is 19.7 Å². The van der Waals surface area contributed by atoms with Crippen LogP contribution in [0.3, 0.4) is 0 Å². The number of aromatic nitrogens is 3. The quantitative estimate of drug-likeness (QED) is 0.264. The highest BCUT2D eigenvalue weighted by Gasteiger charge is 2.17. The third-order valence-corrected chi connectivity index (χ3v) is 7.90. The molecule has 1 aliphatic rings. The Labute approximate surface area is 240 Å². The molecule has 1 saturated heterocycles. The number of halogens is 2. The summed E-state index contributed by atoms with van der Waals surface area (Å²) in [6.45, 7) is 16.1. The molecule has 2 atom stereocenters. The lowest BCUT2D eigenvalue weighted by molar-refractivity contribution is 0.200. The van der Waals surface area contributed by atoms with Crippen molar-refractivity contribution >= 4 is 23.2 Å². The smallest absolute Gasteiger partial charge is 0.137 e. The Bertz CT molecular complexity index is 1070. The summed E-state index contributed by atoms with van der Waals surface area (Å²) in [5, 5.41) is 5.54. The molecule has 4 nitrogen and oxygen atoms in total. The van der Waals surface area contributed by atoms with Crippen LogP contribution >= 0.6 is 23.2 Å². The number of hydrogen-bond acceptors (Lipinski definition) is 3. The molecule has 38 heavy (non-hydrogen) atoms. The van der Waals surface area contributed by atoms with Crippen LogP contribution in [0.25, 0.3) is 0 Å². The van der Waals surface area contributed by atoms with Crippen LogP contribution in [-0.4, -0.2) is 39.3 Å². The Kier molecular flexibility index (Phi) is 12.1. The summed E-state index contributed by atoms with van der Waals surface area (Å²) in [5.74, 6) is 1.09. The predicted molar refractivity (Wildman–Crippen MR) is 162 cm³/mol. The zero-order valence-electron chi connectivity index (χ0n) is 24.0. The van der Waals surface area contributed by atoms with E-state index >= 15 is 0 Å². The van der Waals surface area contributed by atoms with Gasteiger partial charge in [-0.3, -0.25) is 4.68 Å². The van der Waals surface area contributed by atoms with Crippen LogP contribution < -0.4 is 0 Å². The van der Waals surface area contributed by atoms with Gasteiger partial charge >= 0.3 is 0 Å². The molecule has 0 N–H and O–H groups in total. The van der Waals surface area contributed by atoms with Crippen molar-refractivity contribution < 1.29 is 0 Å². The number of likely N-dealkylation sites (tertiary alicyclic amines) is 1. The molecule has 2 unspecified atom stereocenters. The summed E-state index contributed by atoms with van der Waals surface area (Å²) in [7, 11) is 0. The minimum Gasteiger partial charge on any atom is -0.303 e. The summed E-state index contributed by atoms with van der Waals surface area (Å²) in [6.07, 6.45) is 10.9. The monoisotopic (exact) mass is 556 g/mol. The molecular weight excluding hydrogens is 511 g/mol. The average Bonchev–Trinajstić information content (AvgIpc) is 3.38. The maximum atomic E-state index is 6.27. The fraction of sp³-hybridized carbons (Fsp3) is 0.562. The van der Waals surface area contributed by atoms with Gasteiger partial charge in [0, 0.05) is 29.1 Å². The van der Waals surface area contributed by atoms with Gasteiger partial charge in [0.2, 0.25) is 0 Å². The number of piperidine rings is 1. The summed E-state index contributed by atoms with van der Waals surface area (Å²) < 4.78 is 1.84. The van der Waals surface area contributed by atoms with E-state index in [1.165, 1.54) is 56.4 Å². The molecule has 2 heterocycles. The minimum absolute atomic E-state index is 0.262. The van der Waals surface area contributed by atoms with Crippen LogP contribution in [0.1, 0.15) is 89.3 Å². The van der Waals surface area contributed by atoms with E-state index < -0.39 is 0 Å². The van der Waals surface area contributed by atoms with Gasteiger partial charge in [-0.05, 0) is 78.9 Å². The number of nitrogens with zero attached hydrogens (tertiary/aromatic N) is 4. The summed E-state index contributed by atoms with van der Waals surface area (Å²) in [4.78, 5) is 6.61. The largest absolute Gasteiger partial charge is 0.303 e. The lowest BCUT2D eigenvalue weighted by Gasteiger charge is -2.29. The van der Waals surface area contributed by atoms with Crippen molar-refractivity contribution in [2.75, 3.05) is 19.6 Å². The van der Waals surface area contributed by atoms with Crippen LogP contribution in [0, 0.1) is 5.92 Å². The molecule has 0 spiro atoms. The van der Waals surface area contributed by atoms with Gasteiger partial charge in [-0.1, -0.05) is 101 Å². The van der Waals surface area contributed by atoms with Gasteiger partial charge in [-0.15, -0.1) is 0 Å². The van der Waals surface area contributed by atoms with Gasteiger partial charge in [-0.25, -0.2) is 4.98 Å². The highest BCUT2D eigenvalue weighted by atomic mass is 35.5. The van der Waals surface area contributed by atoms with Gasteiger partial charge < -0.3 is 4.90 Å². The normalized spacial score (nSPS) is 16.0. The molecule has 6 heteroatoms. The first-order valence-corrected chi connectivity index (χ1v) is 15.0. The third-order valence-electron chi connectivity index (χ3n) is 7.34. The van der Waals surface area contributed by atoms with Crippen LogP contribution in [-0.2, 0) is 18.4 Å². The van der Waals surface area contributed by atoms with Gasteiger partial charge in [-0.2, -0.15) is 5.10 Å². The second kappa shape index (κ2) is 15.1. The van der Waals surface area contributed by atoms with E-state index in [9.17, 15) is 0 Å². The van der Waals surface area contributed by atoms with Crippen molar-refractivity contribution in [2.45, 2.75) is 91.0 Å². The molecule has 1 aromatic heterocycles. The Morgan fingerprint density at radius 1 is 0.947 bits per heavy atom. The zero-order chi connectivity index (χ0) is 27.5. The second-order valence-electron chi connectivity index (χ2n) is 11.9. The molecule has 0 amide bonds. The first-order chi connectivity index (χ1) is 18.2. The number of rotatable bonds is 9. The fourth-order valence-electron chi connectivity index (χ4n) is 5.27. The molecule has 1 aliphatic heterocycles. The van der Waals surface area contributed by atoms with Crippen LogP contribution in [0.5, 0.6) is 0 Å². The Morgan fingerprint density at radius 2 is 1.66 bits per heavy atom. The molecule has 0 radical (unpaired) electrons. The Hall–Kier alpha value is -1.88. The van der Waals surface area contributed by atoms with Crippen molar-refractivity contribution in [3.05, 3.63) is 81.9 Å². The molecule has 0 aliphatic carbocycles. The van der Waals surface area contributed by atoms with Crippen molar-refractivity contribution in [2.24, 2.45) is 5.92 Å². The van der Waals surface area contributed by atoms with E-state index in [1.807, 2.05) is 16.8 Å². The molecule has 4 rings (SSSR count). The molecular formula is C32H46Cl2N4. The van der Waals surface area contributed by atoms with E-state index in [0.29, 0.717) is 10.9 Å². The maximum Gasteiger partial charge on any atom is 0.137 e. The van der Waals surface area contributed by atoms with E-state index in [2.05, 4.69) is 73.9 Å². The molecule has 0 saturated carbocycles. The highest BCUT2D eigenvalue weighted by molar-refractivity contribution is 6.35. The minimum atomic E-state index is 0.262. The molecule has 208 valence electrons. The highest BCUT2D eigenvalue weighted by Crippen LogP contribution is 2.31. The van der Waals surface area contributed by atoms with Gasteiger partial charge in [0.15, 0.2) is 0 Å². The van der Waals surface area contributed by atoms with E-state index in [-0.39, 0.29) is 5.41 Å². The Balaban J connectivity index is 0.000000212. The van der Waals surface area contributed by atoms with Crippen LogP contribution in [0.2, 0.25) is 10.0 Å². The fourth-order valence-corrected chi connectivity index (χ4v) is 5.83. The first-order valence-electron chi connectivity index (χ1n) is 14.2. The summed E-state index contributed by atoms with van der Waals surface area (Å²) in [6, 6.07) is 14.9. The zero-order valence-corrected chi connectivity index (χ0v) is 25.5. The lowest BCUT2D eigenvalue weighted by Crippen LogP contribution is -2.34. The van der Waals surface area contributed by atoms with E-state index in [1.54, 1.807) is 18.7 Å². The average molecular weight is 558 g/mol. The third kappa shape index (κ3) is 10.0. The molecule has 0 bridgehead atoms.